The van der Waals surface area contributed by atoms with E-state index in [1.807, 2.05) is 0 Å². The average molecular weight is 634 g/mol. The Morgan fingerprint density at radius 3 is 0.622 bits per heavy atom. The smallest absolute Gasteiger partial charge is 0.0110 e. The molecule has 0 spiro atoms. The Bertz CT molecular complexity index is 464. The molecule has 0 atom stereocenters. The minimum Gasteiger partial charge on any atom is -0.303 e. The number of fused-ring (bicyclic) bond motifs is 3. The molecule has 0 amide bonds. The van der Waals surface area contributed by atoms with Crippen LogP contribution in [0, 0.1) is 0 Å². The highest BCUT2D eigenvalue weighted by molar-refractivity contribution is 4.78. The second-order valence-electron chi connectivity index (χ2n) is 15.1. The molecule has 270 valence electrons. The fourth-order valence-electron chi connectivity index (χ4n) is 7.32. The number of unbranched alkanes of at least 4 members (excludes halogenated alkanes) is 27. The molecule has 3 nitrogen and oxygen atoms in total. The molecule has 3 aliphatic rings. The van der Waals surface area contributed by atoms with E-state index in [0.717, 1.165) is 0 Å². The second kappa shape index (κ2) is 35.2. The lowest BCUT2D eigenvalue weighted by Gasteiger charge is -2.41. The standard InChI is InChI=1S/C36H75N.C6H12N2/c1-4-7-10-13-16-19-22-25-28-31-34-37(35-32-29-26-23-20-17-14-11-8-5-2)36-33-30-27-24-21-18-15-12-9-6-3;1-2-8-5-3-7(1)4-6-8/h4-36H2,1-3H3;1-6H2. The van der Waals surface area contributed by atoms with Gasteiger partial charge in [0.2, 0.25) is 0 Å². The van der Waals surface area contributed by atoms with Crippen molar-refractivity contribution in [3.05, 3.63) is 0 Å². The molecule has 3 aliphatic heterocycles. The van der Waals surface area contributed by atoms with Gasteiger partial charge in [0.15, 0.2) is 0 Å². The predicted octanol–water partition coefficient (Wildman–Crippen LogP) is 12.7. The van der Waals surface area contributed by atoms with Crippen molar-refractivity contribution in [3.63, 3.8) is 0 Å². The van der Waals surface area contributed by atoms with Crippen LogP contribution in [0.15, 0.2) is 0 Å². The van der Waals surface area contributed by atoms with Crippen LogP contribution in [0.5, 0.6) is 0 Å². The van der Waals surface area contributed by atoms with E-state index >= 15 is 0 Å². The molecule has 0 aromatic heterocycles. The molecule has 0 aliphatic carbocycles. The molecule has 3 saturated heterocycles. The summed E-state index contributed by atoms with van der Waals surface area (Å²) < 4.78 is 0. The second-order valence-corrected chi connectivity index (χ2v) is 15.1. The van der Waals surface area contributed by atoms with E-state index in [1.54, 1.807) is 0 Å². The van der Waals surface area contributed by atoms with Crippen LogP contribution >= 0.6 is 0 Å². The van der Waals surface area contributed by atoms with Crippen molar-refractivity contribution in [2.24, 2.45) is 0 Å². The first-order chi connectivity index (χ1) is 22.3. The maximum absolute atomic E-state index is 2.85. The Hall–Kier alpha value is -0.120. The third kappa shape index (κ3) is 29.7. The minimum absolute atomic E-state index is 1.32. The first kappa shape index (κ1) is 42.9. The summed E-state index contributed by atoms with van der Waals surface area (Å²) in [5, 5.41) is 0. The van der Waals surface area contributed by atoms with Gasteiger partial charge in [-0.15, -0.1) is 0 Å². The lowest BCUT2D eigenvalue weighted by atomic mass is 10.1. The highest BCUT2D eigenvalue weighted by atomic mass is 15.3. The lowest BCUT2D eigenvalue weighted by molar-refractivity contribution is 0.0647. The number of hydrogen-bond donors (Lipinski definition) is 0. The van der Waals surface area contributed by atoms with Crippen LogP contribution in [0.2, 0.25) is 0 Å². The molecule has 3 heterocycles. The maximum Gasteiger partial charge on any atom is 0.0110 e. The molecular formula is C42H87N3. The SMILES string of the molecule is C1CN2CCN1CC2.CCCCCCCCCCCCN(CCCCCCCCCCCC)CCCCCCCCCCCC. The first-order valence-electron chi connectivity index (χ1n) is 21.5. The van der Waals surface area contributed by atoms with Gasteiger partial charge in [-0.25, -0.2) is 0 Å². The summed E-state index contributed by atoms with van der Waals surface area (Å²) in [6.45, 7) is 19.0. The minimum atomic E-state index is 1.32. The average Bonchev–Trinajstić information content (AvgIpc) is 3.08. The van der Waals surface area contributed by atoms with E-state index in [1.165, 1.54) is 252 Å². The summed E-state index contributed by atoms with van der Waals surface area (Å²) in [6.07, 6.45) is 43.6. The molecule has 0 unspecified atom stereocenters. The molecule has 2 bridgehead atoms. The van der Waals surface area contributed by atoms with Crippen molar-refractivity contribution in [2.75, 3.05) is 58.9 Å². The van der Waals surface area contributed by atoms with Gasteiger partial charge in [0, 0.05) is 39.3 Å². The third-order valence-corrected chi connectivity index (χ3v) is 10.7. The van der Waals surface area contributed by atoms with Gasteiger partial charge in [-0.2, -0.15) is 0 Å². The van der Waals surface area contributed by atoms with Gasteiger partial charge >= 0.3 is 0 Å². The molecule has 45 heavy (non-hydrogen) atoms. The predicted molar refractivity (Wildman–Crippen MR) is 205 cm³/mol. The molecule has 0 aromatic carbocycles. The van der Waals surface area contributed by atoms with Gasteiger partial charge in [0.1, 0.15) is 0 Å². The highest BCUT2D eigenvalue weighted by Gasteiger charge is 2.21. The molecule has 3 rings (SSSR count). The van der Waals surface area contributed by atoms with Crippen LogP contribution in [0.4, 0.5) is 0 Å². The van der Waals surface area contributed by atoms with Gasteiger partial charge in [-0.05, 0) is 38.9 Å². The molecule has 0 aromatic rings. The molecule has 0 N–H and O–H groups in total. The van der Waals surface area contributed by atoms with Crippen LogP contribution in [0.1, 0.15) is 213 Å². The van der Waals surface area contributed by atoms with Crippen molar-refractivity contribution in [1.29, 1.82) is 0 Å². The van der Waals surface area contributed by atoms with Gasteiger partial charge in [0.05, 0.1) is 0 Å². The fourth-order valence-corrected chi connectivity index (χ4v) is 7.32. The van der Waals surface area contributed by atoms with E-state index in [4.69, 9.17) is 0 Å². The van der Waals surface area contributed by atoms with Gasteiger partial charge < -0.3 is 4.90 Å². The van der Waals surface area contributed by atoms with E-state index in [-0.39, 0.29) is 0 Å². The Labute approximate surface area is 286 Å². The largest absolute Gasteiger partial charge is 0.303 e. The Morgan fingerprint density at radius 1 is 0.267 bits per heavy atom. The molecular weight excluding hydrogens is 546 g/mol. The summed E-state index contributed by atoms with van der Waals surface area (Å²) in [5.74, 6) is 0. The zero-order valence-corrected chi connectivity index (χ0v) is 31.9. The van der Waals surface area contributed by atoms with Crippen molar-refractivity contribution in [3.8, 4) is 0 Å². The van der Waals surface area contributed by atoms with Crippen LogP contribution < -0.4 is 0 Å². The molecule has 3 heteroatoms. The molecule has 3 fully saturated rings. The Morgan fingerprint density at radius 2 is 0.444 bits per heavy atom. The number of nitrogens with zero attached hydrogens (tertiary/aromatic N) is 3. The number of piperazine rings is 3. The fraction of sp³-hybridized carbons (Fsp3) is 1.00. The zero-order chi connectivity index (χ0) is 32.3. The third-order valence-electron chi connectivity index (χ3n) is 10.7. The highest BCUT2D eigenvalue weighted by Crippen LogP contribution is 2.15. The first-order valence-corrected chi connectivity index (χ1v) is 21.5. The molecule has 0 saturated carbocycles. The normalized spacial score (nSPS) is 17.6. The topological polar surface area (TPSA) is 9.72 Å². The summed E-state index contributed by atoms with van der Waals surface area (Å²) in [5.41, 5.74) is 0. The van der Waals surface area contributed by atoms with Crippen LogP contribution in [0.25, 0.3) is 0 Å². The van der Waals surface area contributed by atoms with Gasteiger partial charge in [-0.3, -0.25) is 9.80 Å². The van der Waals surface area contributed by atoms with Gasteiger partial charge in [-0.1, -0.05) is 194 Å². The summed E-state index contributed by atoms with van der Waals surface area (Å²) in [6, 6.07) is 0. The quantitative estimate of drug-likeness (QED) is 0.0666. The monoisotopic (exact) mass is 634 g/mol. The lowest BCUT2D eigenvalue weighted by Crippen LogP contribution is -2.55. The van der Waals surface area contributed by atoms with Crippen LogP contribution in [-0.2, 0) is 0 Å². The van der Waals surface area contributed by atoms with Crippen molar-refractivity contribution < 1.29 is 0 Å². The van der Waals surface area contributed by atoms with Crippen molar-refractivity contribution in [1.82, 2.24) is 14.7 Å². The summed E-state index contributed by atoms with van der Waals surface area (Å²) in [4.78, 5) is 7.93. The van der Waals surface area contributed by atoms with Crippen LogP contribution in [0.3, 0.4) is 0 Å². The van der Waals surface area contributed by atoms with E-state index in [2.05, 4.69) is 35.5 Å². The van der Waals surface area contributed by atoms with Crippen molar-refractivity contribution in [2.45, 2.75) is 213 Å². The van der Waals surface area contributed by atoms with Gasteiger partial charge in [0.25, 0.3) is 0 Å². The Balaban J connectivity index is 0.00000107. The molecule has 0 radical (unpaired) electrons. The van der Waals surface area contributed by atoms with Crippen LogP contribution in [-0.4, -0.2) is 73.6 Å². The number of rotatable bonds is 33. The van der Waals surface area contributed by atoms with Crippen molar-refractivity contribution >= 4 is 0 Å². The van der Waals surface area contributed by atoms with E-state index in [0.29, 0.717) is 0 Å². The summed E-state index contributed by atoms with van der Waals surface area (Å²) >= 11 is 0. The van der Waals surface area contributed by atoms with E-state index in [9.17, 15) is 0 Å². The zero-order valence-electron chi connectivity index (χ0n) is 31.9. The number of hydrogen-bond acceptors (Lipinski definition) is 3. The summed E-state index contributed by atoms with van der Waals surface area (Å²) in [7, 11) is 0. The maximum atomic E-state index is 2.85. The van der Waals surface area contributed by atoms with E-state index < -0.39 is 0 Å². The Kier molecular flexibility index (Phi) is 33.6.